The van der Waals surface area contributed by atoms with Crippen LogP contribution in [0.15, 0.2) is 67.4 Å². The maximum Gasteiger partial charge on any atom is 0.124 e. The van der Waals surface area contributed by atoms with E-state index in [0.717, 1.165) is 66.8 Å². The summed E-state index contributed by atoms with van der Waals surface area (Å²) >= 11 is 0. The van der Waals surface area contributed by atoms with Gasteiger partial charge in [0.05, 0.1) is 46.7 Å². The van der Waals surface area contributed by atoms with E-state index < -0.39 is 0 Å². The maximum absolute atomic E-state index is 14.1. The summed E-state index contributed by atoms with van der Waals surface area (Å²) in [7, 11) is 3.96. The summed E-state index contributed by atoms with van der Waals surface area (Å²) in [5.74, 6) is -0.265. The van der Waals surface area contributed by atoms with Gasteiger partial charge in [0.15, 0.2) is 0 Å². The molecule has 0 unspecified atom stereocenters. The highest BCUT2D eigenvalue weighted by Gasteiger charge is 2.16. The van der Waals surface area contributed by atoms with Crippen molar-refractivity contribution >= 4 is 27.5 Å². The number of nitrogens with zero attached hydrogens (tertiary/aromatic N) is 5. The van der Waals surface area contributed by atoms with Crippen molar-refractivity contribution < 1.29 is 4.39 Å². The third-order valence-corrected chi connectivity index (χ3v) is 6.14. The molecule has 6 rings (SSSR count). The van der Waals surface area contributed by atoms with Crippen LogP contribution in [0.3, 0.4) is 0 Å². The van der Waals surface area contributed by atoms with E-state index in [1.807, 2.05) is 56.5 Å². The number of halogens is 1. The molecular weight excluding hydrogens is 441 g/mol. The number of hydrogen-bond donors (Lipinski definition) is 2. The highest BCUT2D eigenvalue weighted by Crippen LogP contribution is 2.35. The van der Waals surface area contributed by atoms with Gasteiger partial charge in [0, 0.05) is 48.4 Å². The summed E-state index contributed by atoms with van der Waals surface area (Å²) in [6.45, 7) is 1.88. The van der Waals surface area contributed by atoms with Crippen molar-refractivity contribution in [3.63, 3.8) is 0 Å². The molecule has 8 heteroatoms. The number of hydrogen-bond acceptors (Lipinski definition) is 5. The molecule has 0 atom stereocenters. The Labute approximate surface area is 200 Å². The van der Waals surface area contributed by atoms with Gasteiger partial charge in [0.2, 0.25) is 0 Å². The lowest BCUT2D eigenvalue weighted by Crippen LogP contribution is -2.08. The summed E-state index contributed by atoms with van der Waals surface area (Å²) in [6, 6.07) is 11.1. The van der Waals surface area contributed by atoms with Gasteiger partial charge in [-0.2, -0.15) is 5.10 Å². The van der Waals surface area contributed by atoms with Crippen LogP contribution in [-0.2, 0) is 0 Å². The minimum atomic E-state index is -0.265. The Balaban J connectivity index is 1.48. The van der Waals surface area contributed by atoms with E-state index in [-0.39, 0.29) is 5.82 Å². The van der Waals surface area contributed by atoms with Gasteiger partial charge in [-0.15, -0.1) is 0 Å². The minimum absolute atomic E-state index is 0.265. The van der Waals surface area contributed by atoms with E-state index in [2.05, 4.69) is 36.2 Å². The first-order valence-electron chi connectivity index (χ1n) is 11.2. The number of rotatable bonds is 4. The van der Waals surface area contributed by atoms with Crippen LogP contribution in [0.1, 0.15) is 5.56 Å². The molecule has 0 aliphatic rings. The Kier molecular flexibility index (Phi) is 4.81. The van der Waals surface area contributed by atoms with Crippen LogP contribution >= 0.6 is 0 Å². The second kappa shape index (κ2) is 8.02. The molecule has 0 aliphatic heterocycles. The normalized spacial score (nSPS) is 11.4. The van der Waals surface area contributed by atoms with Crippen molar-refractivity contribution in [2.75, 3.05) is 19.0 Å². The molecule has 0 saturated heterocycles. The monoisotopic (exact) mass is 463 g/mol. The first kappa shape index (κ1) is 21.0. The van der Waals surface area contributed by atoms with E-state index in [1.165, 1.54) is 12.1 Å². The Morgan fingerprint density at radius 2 is 1.66 bits per heavy atom. The largest absolute Gasteiger partial charge is 0.376 e. The molecule has 172 valence electrons. The van der Waals surface area contributed by atoms with Crippen molar-refractivity contribution in [2.45, 2.75) is 6.92 Å². The van der Waals surface area contributed by atoms with E-state index in [1.54, 1.807) is 18.6 Å². The van der Waals surface area contributed by atoms with Crippen molar-refractivity contribution in [1.29, 1.82) is 0 Å². The van der Waals surface area contributed by atoms with E-state index in [0.29, 0.717) is 0 Å². The van der Waals surface area contributed by atoms with Crippen molar-refractivity contribution in [2.24, 2.45) is 0 Å². The molecule has 0 saturated carbocycles. The topological polar surface area (TPSA) is 86.4 Å². The molecule has 5 aromatic heterocycles. The predicted molar refractivity (Wildman–Crippen MR) is 137 cm³/mol. The lowest BCUT2D eigenvalue weighted by Gasteiger charge is -2.12. The van der Waals surface area contributed by atoms with Gasteiger partial charge in [0.1, 0.15) is 11.5 Å². The molecule has 2 N–H and O–H groups in total. The number of aryl methyl sites for hydroxylation is 1. The van der Waals surface area contributed by atoms with Crippen molar-refractivity contribution in [3.05, 3.63) is 78.8 Å². The number of benzene rings is 1. The molecule has 0 fully saturated rings. The molecule has 7 nitrogen and oxygen atoms in total. The standard InChI is InChI=1S/C27H22FN7/c1-15-4-16(6-18(28)5-15)22-12-30-13-25-20(22)8-24(32-25)27-21-9-23(31-14-26(21)33-34-27)17-7-19(35(2)3)11-29-10-17/h4-14,32H,1-3H3,(H,33,34). The fraction of sp³-hybridized carbons (Fsp3) is 0.111. The smallest absolute Gasteiger partial charge is 0.124 e. The van der Waals surface area contributed by atoms with Gasteiger partial charge < -0.3 is 9.88 Å². The molecule has 0 spiro atoms. The number of fused-ring (bicyclic) bond motifs is 2. The molecular formula is C27H22FN7. The fourth-order valence-electron chi connectivity index (χ4n) is 4.39. The number of pyridine rings is 3. The third-order valence-electron chi connectivity index (χ3n) is 6.14. The summed E-state index contributed by atoms with van der Waals surface area (Å²) in [5.41, 5.74) is 8.55. The number of aromatic amines is 2. The molecule has 1 aromatic carbocycles. The van der Waals surface area contributed by atoms with E-state index >= 15 is 0 Å². The SMILES string of the molecule is Cc1cc(F)cc(-c2cncc3[nH]c(-c4n[nH]c5cnc(-c6cncc(N(C)C)c6)cc45)cc23)c1. The Bertz CT molecular complexity index is 1690. The first-order chi connectivity index (χ1) is 17.0. The first-order valence-corrected chi connectivity index (χ1v) is 11.2. The van der Waals surface area contributed by atoms with Crippen molar-refractivity contribution in [1.82, 2.24) is 30.1 Å². The van der Waals surface area contributed by atoms with Gasteiger partial charge >= 0.3 is 0 Å². The molecule has 0 amide bonds. The third kappa shape index (κ3) is 3.69. The number of aromatic nitrogens is 6. The Morgan fingerprint density at radius 3 is 2.49 bits per heavy atom. The van der Waals surface area contributed by atoms with Crippen LogP contribution in [0.2, 0.25) is 0 Å². The lowest BCUT2D eigenvalue weighted by atomic mass is 10.0. The summed E-state index contributed by atoms with van der Waals surface area (Å²) < 4.78 is 14.1. The molecule has 5 heterocycles. The summed E-state index contributed by atoms with van der Waals surface area (Å²) in [4.78, 5) is 18.8. The quantitative estimate of drug-likeness (QED) is 0.348. The number of nitrogens with one attached hydrogen (secondary N) is 2. The molecule has 0 radical (unpaired) electrons. The molecule has 6 aromatic rings. The summed E-state index contributed by atoms with van der Waals surface area (Å²) in [5, 5.41) is 9.54. The van der Waals surface area contributed by atoms with Crippen LogP contribution in [0.4, 0.5) is 10.1 Å². The number of H-pyrrole nitrogens is 2. The highest BCUT2D eigenvalue weighted by molar-refractivity contribution is 6.01. The Morgan fingerprint density at radius 1 is 0.800 bits per heavy atom. The average Bonchev–Trinajstić information content (AvgIpc) is 3.47. The Hall–Kier alpha value is -4.59. The zero-order chi connectivity index (χ0) is 24.1. The van der Waals surface area contributed by atoms with E-state index in [9.17, 15) is 4.39 Å². The summed E-state index contributed by atoms with van der Waals surface area (Å²) in [6.07, 6.45) is 8.96. The zero-order valence-corrected chi connectivity index (χ0v) is 19.5. The maximum atomic E-state index is 14.1. The van der Waals surface area contributed by atoms with Gasteiger partial charge in [-0.1, -0.05) is 6.07 Å². The number of anilines is 1. The van der Waals surface area contributed by atoms with Crippen LogP contribution in [0.5, 0.6) is 0 Å². The van der Waals surface area contributed by atoms with Crippen LogP contribution in [-0.4, -0.2) is 44.2 Å². The molecule has 0 bridgehead atoms. The second-order valence-corrected chi connectivity index (χ2v) is 8.86. The van der Waals surface area contributed by atoms with Gasteiger partial charge in [-0.25, -0.2) is 4.39 Å². The van der Waals surface area contributed by atoms with Crippen LogP contribution in [0, 0.1) is 12.7 Å². The van der Waals surface area contributed by atoms with Gasteiger partial charge in [-0.3, -0.25) is 20.1 Å². The van der Waals surface area contributed by atoms with Gasteiger partial charge in [-0.05, 0) is 48.4 Å². The highest BCUT2D eigenvalue weighted by atomic mass is 19.1. The van der Waals surface area contributed by atoms with Crippen molar-refractivity contribution in [3.8, 4) is 33.8 Å². The average molecular weight is 464 g/mol. The second-order valence-electron chi connectivity index (χ2n) is 8.86. The zero-order valence-electron chi connectivity index (χ0n) is 19.5. The van der Waals surface area contributed by atoms with Crippen LogP contribution in [0.25, 0.3) is 55.6 Å². The molecule has 35 heavy (non-hydrogen) atoms. The minimum Gasteiger partial charge on any atom is -0.376 e. The van der Waals surface area contributed by atoms with E-state index in [4.69, 9.17) is 0 Å². The predicted octanol–water partition coefficient (Wildman–Crippen LogP) is 5.74. The fourth-order valence-corrected chi connectivity index (χ4v) is 4.39. The van der Waals surface area contributed by atoms with Crippen LogP contribution < -0.4 is 4.90 Å². The lowest BCUT2D eigenvalue weighted by molar-refractivity contribution is 0.627. The molecule has 0 aliphatic carbocycles. The van der Waals surface area contributed by atoms with Gasteiger partial charge in [0.25, 0.3) is 0 Å².